The van der Waals surface area contributed by atoms with Crippen molar-refractivity contribution >= 4 is 15.9 Å². The number of ether oxygens (including phenoxy) is 3. The lowest BCUT2D eigenvalue weighted by atomic mass is 10.3. The third kappa shape index (κ3) is 2.13. The van der Waals surface area contributed by atoms with E-state index < -0.39 is 0 Å². The Bertz CT molecular complexity index is 601. The predicted molar refractivity (Wildman–Crippen MR) is 69.3 cm³/mol. The Morgan fingerprint density at radius 2 is 2.00 bits per heavy atom. The number of aryl methyl sites for hydroxylation is 1. The minimum absolute atomic E-state index is 0.258. The topological polar surface area (TPSA) is 40.6 Å². The van der Waals surface area contributed by atoms with Gasteiger partial charge in [0.1, 0.15) is 5.75 Å². The third-order valence-corrected chi connectivity index (χ3v) is 3.40. The second kappa shape index (κ2) is 4.49. The van der Waals surface area contributed by atoms with E-state index in [0.29, 0.717) is 17.4 Å². The monoisotopic (exact) mass is 307 g/mol. The lowest BCUT2D eigenvalue weighted by molar-refractivity contribution is 0.174. The summed E-state index contributed by atoms with van der Waals surface area (Å²) in [6.45, 7) is 2.17. The maximum absolute atomic E-state index is 5.67. The average molecular weight is 308 g/mol. The summed E-state index contributed by atoms with van der Waals surface area (Å²) in [5, 5.41) is 0. The Morgan fingerprint density at radius 1 is 1.17 bits per heavy atom. The van der Waals surface area contributed by atoms with Crippen molar-refractivity contribution in [1.82, 2.24) is 4.98 Å². The van der Waals surface area contributed by atoms with Crippen LogP contribution < -0.4 is 14.2 Å². The van der Waals surface area contributed by atoms with Gasteiger partial charge in [-0.1, -0.05) is 0 Å². The van der Waals surface area contributed by atoms with Crippen molar-refractivity contribution in [3.8, 4) is 23.1 Å². The largest absolute Gasteiger partial charge is 0.454 e. The molecular formula is C13H10BrNO3. The first kappa shape index (κ1) is 11.3. The van der Waals surface area contributed by atoms with Gasteiger partial charge in [0.2, 0.25) is 12.7 Å². The highest BCUT2D eigenvalue weighted by atomic mass is 79.9. The Kier molecular flexibility index (Phi) is 2.83. The van der Waals surface area contributed by atoms with Gasteiger partial charge in [0.15, 0.2) is 11.5 Å². The molecule has 0 fully saturated rings. The van der Waals surface area contributed by atoms with Crippen LogP contribution in [0.5, 0.6) is 23.1 Å². The molecule has 18 heavy (non-hydrogen) atoms. The fraction of sp³-hybridized carbons (Fsp3) is 0.154. The molecular weight excluding hydrogens is 298 g/mol. The van der Waals surface area contributed by atoms with Crippen molar-refractivity contribution in [2.24, 2.45) is 0 Å². The van der Waals surface area contributed by atoms with Crippen molar-refractivity contribution in [3.63, 3.8) is 0 Å². The molecule has 2 aromatic rings. The first-order chi connectivity index (χ1) is 8.72. The highest BCUT2D eigenvalue weighted by Crippen LogP contribution is 2.36. The van der Waals surface area contributed by atoms with Crippen LogP contribution in [0, 0.1) is 6.92 Å². The SMILES string of the molecule is Cc1nc(Oc2ccc3c(c2)OCO3)ccc1Br. The van der Waals surface area contributed by atoms with Gasteiger partial charge in [-0.05, 0) is 41.1 Å². The van der Waals surface area contributed by atoms with Crippen LogP contribution in [0.3, 0.4) is 0 Å². The molecule has 1 aliphatic rings. The second-order valence-corrected chi connectivity index (χ2v) is 4.69. The number of benzene rings is 1. The van der Waals surface area contributed by atoms with Crippen LogP contribution in [-0.4, -0.2) is 11.8 Å². The van der Waals surface area contributed by atoms with Crippen LogP contribution in [0.25, 0.3) is 0 Å². The molecule has 92 valence electrons. The number of nitrogens with zero attached hydrogens (tertiary/aromatic N) is 1. The Balaban J connectivity index is 1.85. The van der Waals surface area contributed by atoms with E-state index in [0.717, 1.165) is 15.9 Å². The van der Waals surface area contributed by atoms with E-state index in [1.165, 1.54) is 0 Å². The summed E-state index contributed by atoms with van der Waals surface area (Å²) < 4.78 is 17.2. The number of hydrogen-bond donors (Lipinski definition) is 0. The highest BCUT2D eigenvalue weighted by Gasteiger charge is 2.14. The molecule has 0 unspecified atom stereocenters. The molecule has 1 aromatic heterocycles. The molecule has 0 N–H and O–H groups in total. The molecule has 0 bridgehead atoms. The van der Waals surface area contributed by atoms with Gasteiger partial charge in [-0.15, -0.1) is 0 Å². The van der Waals surface area contributed by atoms with Crippen molar-refractivity contribution in [3.05, 3.63) is 40.5 Å². The summed E-state index contributed by atoms with van der Waals surface area (Å²) in [6, 6.07) is 9.16. The minimum atomic E-state index is 0.258. The molecule has 0 spiro atoms. The molecule has 4 nitrogen and oxygen atoms in total. The molecule has 5 heteroatoms. The fourth-order valence-electron chi connectivity index (χ4n) is 1.64. The molecule has 0 saturated carbocycles. The van der Waals surface area contributed by atoms with Crippen LogP contribution in [-0.2, 0) is 0 Å². The summed E-state index contributed by atoms with van der Waals surface area (Å²) in [5.74, 6) is 2.66. The van der Waals surface area contributed by atoms with E-state index >= 15 is 0 Å². The summed E-state index contributed by atoms with van der Waals surface area (Å²) in [5.41, 5.74) is 0.883. The summed E-state index contributed by atoms with van der Waals surface area (Å²) in [4.78, 5) is 4.32. The standard InChI is InChI=1S/C13H10BrNO3/c1-8-10(14)3-5-13(15-8)18-9-2-4-11-12(6-9)17-7-16-11/h2-6H,7H2,1H3. The number of pyridine rings is 1. The quantitative estimate of drug-likeness (QED) is 0.848. The highest BCUT2D eigenvalue weighted by molar-refractivity contribution is 9.10. The summed E-state index contributed by atoms with van der Waals surface area (Å²) >= 11 is 3.40. The van der Waals surface area contributed by atoms with Crippen LogP contribution in [0.4, 0.5) is 0 Å². The zero-order valence-electron chi connectivity index (χ0n) is 9.64. The van der Waals surface area contributed by atoms with Crippen LogP contribution in [0.2, 0.25) is 0 Å². The van der Waals surface area contributed by atoms with Crippen LogP contribution in [0.15, 0.2) is 34.8 Å². The van der Waals surface area contributed by atoms with E-state index in [4.69, 9.17) is 14.2 Å². The first-order valence-electron chi connectivity index (χ1n) is 5.43. The minimum Gasteiger partial charge on any atom is -0.454 e. The normalized spacial score (nSPS) is 12.6. The van der Waals surface area contributed by atoms with Gasteiger partial charge < -0.3 is 14.2 Å². The van der Waals surface area contributed by atoms with Gasteiger partial charge >= 0.3 is 0 Å². The third-order valence-electron chi connectivity index (χ3n) is 2.56. The van der Waals surface area contributed by atoms with Crippen molar-refractivity contribution in [2.45, 2.75) is 6.92 Å². The second-order valence-electron chi connectivity index (χ2n) is 3.83. The predicted octanol–water partition coefficient (Wildman–Crippen LogP) is 3.67. The lowest BCUT2D eigenvalue weighted by Crippen LogP contribution is -1.93. The summed E-state index contributed by atoms with van der Waals surface area (Å²) in [6.07, 6.45) is 0. The molecule has 0 atom stereocenters. The zero-order chi connectivity index (χ0) is 12.5. The average Bonchev–Trinajstić information content (AvgIpc) is 2.81. The Hall–Kier alpha value is -1.75. The van der Waals surface area contributed by atoms with E-state index in [1.54, 1.807) is 6.07 Å². The first-order valence-corrected chi connectivity index (χ1v) is 6.22. The maximum Gasteiger partial charge on any atom is 0.231 e. The lowest BCUT2D eigenvalue weighted by Gasteiger charge is -2.06. The van der Waals surface area contributed by atoms with E-state index in [9.17, 15) is 0 Å². The van der Waals surface area contributed by atoms with Crippen LogP contribution >= 0.6 is 15.9 Å². The summed E-state index contributed by atoms with van der Waals surface area (Å²) in [7, 11) is 0. The number of hydrogen-bond acceptors (Lipinski definition) is 4. The fourth-order valence-corrected chi connectivity index (χ4v) is 1.86. The van der Waals surface area contributed by atoms with Crippen molar-refractivity contribution < 1.29 is 14.2 Å². The number of rotatable bonds is 2. The van der Waals surface area contributed by atoms with Gasteiger partial charge in [-0.3, -0.25) is 0 Å². The van der Waals surface area contributed by atoms with Gasteiger partial charge in [-0.2, -0.15) is 0 Å². The van der Waals surface area contributed by atoms with Gasteiger partial charge in [0.05, 0.1) is 5.69 Å². The van der Waals surface area contributed by atoms with Gasteiger partial charge in [0.25, 0.3) is 0 Å². The van der Waals surface area contributed by atoms with Gasteiger partial charge in [0, 0.05) is 16.6 Å². The van der Waals surface area contributed by atoms with E-state index in [2.05, 4.69) is 20.9 Å². The van der Waals surface area contributed by atoms with Crippen molar-refractivity contribution in [2.75, 3.05) is 6.79 Å². The van der Waals surface area contributed by atoms with E-state index in [-0.39, 0.29) is 6.79 Å². The van der Waals surface area contributed by atoms with Gasteiger partial charge in [-0.25, -0.2) is 4.98 Å². The zero-order valence-corrected chi connectivity index (χ0v) is 11.2. The Morgan fingerprint density at radius 3 is 2.83 bits per heavy atom. The molecule has 0 saturated heterocycles. The molecule has 3 rings (SSSR count). The Labute approximate surface area is 113 Å². The molecule has 0 radical (unpaired) electrons. The maximum atomic E-state index is 5.67. The van der Waals surface area contributed by atoms with Crippen molar-refractivity contribution in [1.29, 1.82) is 0 Å². The number of fused-ring (bicyclic) bond motifs is 1. The van der Waals surface area contributed by atoms with Crippen LogP contribution in [0.1, 0.15) is 5.69 Å². The molecule has 2 heterocycles. The molecule has 1 aliphatic heterocycles. The molecule has 0 amide bonds. The molecule has 0 aliphatic carbocycles. The number of halogens is 1. The number of aromatic nitrogens is 1. The van der Waals surface area contributed by atoms with E-state index in [1.807, 2.05) is 31.2 Å². The molecule has 1 aromatic carbocycles. The smallest absolute Gasteiger partial charge is 0.231 e.